The van der Waals surface area contributed by atoms with Crippen LogP contribution in [0.3, 0.4) is 0 Å². The summed E-state index contributed by atoms with van der Waals surface area (Å²) in [6.45, 7) is 0.860. The van der Waals surface area contributed by atoms with E-state index < -0.39 is 53.0 Å². The largest absolute Gasteiger partial charge is 0.433 e. The first-order chi connectivity index (χ1) is 16.9. The van der Waals surface area contributed by atoms with Gasteiger partial charge in [-0.05, 0) is 25.0 Å². The van der Waals surface area contributed by atoms with Crippen molar-refractivity contribution in [3.63, 3.8) is 0 Å². The third kappa shape index (κ3) is 5.25. The second kappa shape index (κ2) is 9.82. The number of carbonyl (C=O) groups is 2. The lowest BCUT2D eigenvalue weighted by Gasteiger charge is -2.31. The summed E-state index contributed by atoms with van der Waals surface area (Å²) in [7, 11) is 0. The van der Waals surface area contributed by atoms with Crippen LogP contribution in [0.2, 0.25) is 0 Å². The number of halogens is 6. The van der Waals surface area contributed by atoms with Gasteiger partial charge in [-0.25, -0.2) is 4.98 Å². The fourth-order valence-corrected chi connectivity index (χ4v) is 4.64. The zero-order chi connectivity index (χ0) is 26.3. The Hall–Kier alpha value is -2.97. The zero-order valence-corrected chi connectivity index (χ0v) is 18.7. The monoisotopic (exact) mass is 519 g/mol. The first-order valence-corrected chi connectivity index (χ1v) is 11.2. The minimum atomic E-state index is -5.05. The average molecular weight is 519 g/mol. The van der Waals surface area contributed by atoms with Crippen molar-refractivity contribution in [3.8, 4) is 0 Å². The molecule has 14 heteroatoms. The number of pyridine rings is 1. The molecule has 2 amide bonds. The molecule has 0 spiro atoms. The molecule has 0 aliphatic carbocycles. The number of hydrogen-bond acceptors (Lipinski definition) is 6. The molecule has 1 aromatic carbocycles. The van der Waals surface area contributed by atoms with Gasteiger partial charge in [0, 0.05) is 37.1 Å². The van der Waals surface area contributed by atoms with E-state index in [1.165, 1.54) is 0 Å². The van der Waals surface area contributed by atoms with Crippen LogP contribution in [0, 0.1) is 0 Å². The van der Waals surface area contributed by atoms with E-state index in [2.05, 4.69) is 20.9 Å². The third-order valence-electron chi connectivity index (χ3n) is 6.31. The molecule has 2 aliphatic rings. The number of hydrogen-bond donors (Lipinski definition) is 4. The van der Waals surface area contributed by atoms with Gasteiger partial charge >= 0.3 is 12.4 Å². The van der Waals surface area contributed by atoms with Gasteiger partial charge in [-0.15, -0.1) is 0 Å². The quantitative estimate of drug-likeness (QED) is 0.329. The van der Waals surface area contributed by atoms with Crippen molar-refractivity contribution < 1.29 is 41.0 Å². The topological polar surface area (TPSA) is 107 Å². The van der Waals surface area contributed by atoms with Crippen LogP contribution in [0.15, 0.2) is 24.3 Å². The number of alkyl halides is 6. The molecule has 4 N–H and O–H groups in total. The van der Waals surface area contributed by atoms with Crippen LogP contribution >= 0.6 is 0 Å². The highest BCUT2D eigenvalue weighted by atomic mass is 19.4. The van der Waals surface area contributed by atoms with Crippen LogP contribution in [0.4, 0.5) is 26.3 Å². The van der Waals surface area contributed by atoms with Crippen LogP contribution in [-0.2, 0) is 21.9 Å². The van der Waals surface area contributed by atoms with Crippen molar-refractivity contribution in [1.82, 2.24) is 25.8 Å². The number of benzene rings is 1. The molecule has 3 atom stereocenters. The van der Waals surface area contributed by atoms with E-state index in [1.54, 1.807) is 4.90 Å². The Morgan fingerprint density at radius 2 is 1.64 bits per heavy atom. The van der Waals surface area contributed by atoms with Gasteiger partial charge in [0.1, 0.15) is 11.9 Å². The molecule has 2 saturated heterocycles. The summed E-state index contributed by atoms with van der Waals surface area (Å²) in [4.78, 5) is 29.3. The van der Waals surface area contributed by atoms with E-state index in [1.807, 2.05) is 0 Å². The highest BCUT2D eigenvalue weighted by molar-refractivity contribution is 5.88. The van der Waals surface area contributed by atoms with Crippen LogP contribution < -0.4 is 16.0 Å². The molecule has 2 aliphatic heterocycles. The number of fused-ring (bicyclic) bond motifs is 1. The van der Waals surface area contributed by atoms with Crippen molar-refractivity contribution in [2.45, 2.75) is 43.5 Å². The standard InChI is InChI=1S/C22H23F6N5O3/c23-21(24,25)13-3-1-2-11-12(10-16(22(26,27)28)32-17(11)13)18(34)31-8-9-33(14-4-6-29-19(14)35)15-5-7-30-20(15)36/h1-3,10,14-15,18,31,34H,4-9H2,(H,29,35)(H,30,36). The van der Waals surface area contributed by atoms with Gasteiger partial charge < -0.3 is 15.7 Å². The van der Waals surface area contributed by atoms with Gasteiger partial charge in [0.15, 0.2) is 0 Å². The normalized spacial score (nSPS) is 21.8. The number of nitrogens with one attached hydrogen (secondary N) is 3. The van der Waals surface area contributed by atoms with Crippen molar-refractivity contribution in [2.24, 2.45) is 0 Å². The van der Waals surface area contributed by atoms with Gasteiger partial charge in [0.2, 0.25) is 11.8 Å². The van der Waals surface area contributed by atoms with Crippen molar-refractivity contribution in [1.29, 1.82) is 0 Å². The molecule has 3 unspecified atom stereocenters. The molecule has 36 heavy (non-hydrogen) atoms. The Labute approximate surface area is 201 Å². The summed E-state index contributed by atoms with van der Waals surface area (Å²) in [6.07, 6.45) is -10.9. The molecule has 0 radical (unpaired) electrons. The predicted octanol–water partition coefficient (Wildman–Crippen LogP) is 1.93. The van der Waals surface area contributed by atoms with E-state index in [4.69, 9.17) is 0 Å². The Bertz CT molecular complexity index is 1130. The Kier molecular flexibility index (Phi) is 7.12. The van der Waals surface area contributed by atoms with Crippen molar-refractivity contribution in [3.05, 3.63) is 41.1 Å². The molecule has 2 fully saturated rings. The van der Waals surface area contributed by atoms with E-state index in [0.29, 0.717) is 38.1 Å². The summed E-state index contributed by atoms with van der Waals surface area (Å²) in [5.74, 6) is -0.519. The van der Waals surface area contributed by atoms with E-state index in [9.17, 15) is 41.0 Å². The molecular weight excluding hydrogens is 496 g/mol. The van der Waals surface area contributed by atoms with Gasteiger partial charge in [-0.2, -0.15) is 26.3 Å². The lowest BCUT2D eigenvalue weighted by atomic mass is 10.0. The number of nitrogens with zero attached hydrogens (tertiary/aromatic N) is 2. The molecule has 1 aromatic heterocycles. The Morgan fingerprint density at radius 3 is 2.14 bits per heavy atom. The summed E-state index contributed by atoms with van der Waals surface area (Å²) in [6, 6.07) is 2.12. The van der Waals surface area contributed by atoms with Crippen molar-refractivity contribution in [2.75, 3.05) is 26.2 Å². The fraction of sp³-hybridized carbons (Fsp3) is 0.500. The highest BCUT2D eigenvalue weighted by Crippen LogP contribution is 2.38. The molecule has 8 nitrogen and oxygen atoms in total. The maximum absolute atomic E-state index is 13.5. The van der Waals surface area contributed by atoms with Crippen LogP contribution in [0.25, 0.3) is 10.9 Å². The lowest BCUT2D eigenvalue weighted by Crippen LogP contribution is -2.52. The van der Waals surface area contributed by atoms with E-state index in [0.717, 1.165) is 12.1 Å². The molecule has 0 bridgehead atoms. The first kappa shape index (κ1) is 26.1. The van der Waals surface area contributed by atoms with E-state index >= 15 is 0 Å². The zero-order valence-electron chi connectivity index (χ0n) is 18.7. The number of amides is 2. The number of para-hydroxylation sites is 1. The highest BCUT2D eigenvalue weighted by Gasteiger charge is 2.40. The van der Waals surface area contributed by atoms with Gasteiger partial charge in [0.05, 0.1) is 23.2 Å². The Balaban J connectivity index is 1.60. The smallest absolute Gasteiger partial charge is 0.374 e. The first-order valence-electron chi connectivity index (χ1n) is 11.2. The number of carbonyl (C=O) groups excluding carboxylic acids is 2. The van der Waals surface area contributed by atoms with Crippen LogP contribution in [0.1, 0.15) is 35.9 Å². The molecule has 4 rings (SSSR count). The second-order valence-electron chi connectivity index (χ2n) is 8.58. The maximum Gasteiger partial charge on any atom is 0.433 e. The SMILES string of the molecule is O=C1NCCC1N(CCNC(O)c1cc(C(F)(F)F)nc2c(C(F)(F)F)cccc12)C1CCNC1=O. The summed E-state index contributed by atoms with van der Waals surface area (Å²) in [5, 5.41) is 18.4. The number of aliphatic hydroxyl groups excluding tert-OH is 1. The average Bonchev–Trinajstić information content (AvgIpc) is 3.42. The van der Waals surface area contributed by atoms with Gasteiger partial charge in [-0.1, -0.05) is 12.1 Å². The maximum atomic E-state index is 13.5. The summed E-state index contributed by atoms with van der Waals surface area (Å²) < 4.78 is 80.7. The van der Waals surface area contributed by atoms with Gasteiger partial charge in [-0.3, -0.25) is 19.8 Å². The third-order valence-corrected chi connectivity index (χ3v) is 6.31. The summed E-state index contributed by atoms with van der Waals surface area (Å²) in [5.41, 5.74) is -4.29. The van der Waals surface area contributed by atoms with Crippen LogP contribution in [-0.4, -0.2) is 65.1 Å². The fourth-order valence-electron chi connectivity index (χ4n) is 4.64. The summed E-state index contributed by atoms with van der Waals surface area (Å²) >= 11 is 0. The minimum Gasteiger partial charge on any atom is -0.374 e. The molecule has 3 heterocycles. The lowest BCUT2D eigenvalue weighted by molar-refractivity contribution is -0.142. The molecule has 0 saturated carbocycles. The number of aliphatic hydroxyl groups is 1. The second-order valence-corrected chi connectivity index (χ2v) is 8.58. The van der Waals surface area contributed by atoms with Crippen LogP contribution in [0.5, 0.6) is 0 Å². The predicted molar refractivity (Wildman–Crippen MR) is 114 cm³/mol. The van der Waals surface area contributed by atoms with Gasteiger partial charge in [0.25, 0.3) is 0 Å². The van der Waals surface area contributed by atoms with Crippen molar-refractivity contribution >= 4 is 22.7 Å². The number of rotatable bonds is 7. The number of aromatic nitrogens is 1. The Morgan fingerprint density at radius 1 is 1.03 bits per heavy atom. The molecular formula is C22H23F6N5O3. The molecule has 2 aromatic rings. The minimum absolute atomic E-state index is 0.0706. The molecule has 196 valence electrons. The van der Waals surface area contributed by atoms with E-state index in [-0.39, 0.29) is 30.3 Å².